The normalized spacial score (nSPS) is 10.9. The van der Waals surface area contributed by atoms with Gasteiger partial charge in [-0.3, -0.25) is 4.79 Å². The summed E-state index contributed by atoms with van der Waals surface area (Å²) in [5.74, 6) is 0.459. The second kappa shape index (κ2) is 5.70. The monoisotopic (exact) mass is 278 g/mol. The van der Waals surface area contributed by atoms with Crippen LogP contribution in [0.1, 0.15) is 23.8 Å². The van der Waals surface area contributed by atoms with Crippen molar-refractivity contribution in [2.45, 2.75) is 32.1 Å². The maximum atomic E-state index is 11.6. The molecule has 3 nitrogen and oxygen atoms in total. The van der Waals surface area contributed by atoms with Gasteiger partial charge in [0.1, 0.15) is 17.8 Å². The molecule has 0 atom stereocenters. The van der Waals surface area contributed by atoms with Crippen LogP contribution in [0.15, 0.2) is 21.4 Å². The summed E-state index contributed by atoms with van der Waals surface area (Å²) in [6.07, 6.45) is 2.19. The van der Waals surface area contributed by atoms with Crippen molar-refractivity contribution >= 4 is 28.7 Å². The number of fused-ring (bicyclic) bond motifs is 1. The van der Waals surface area contributed by atoms with E-state index in [-0.39, 0.29) is 12.4 Å². The molecule has 1 aromatic carbocycles. The third-order valence-corrected chi connectivity index (χ3v) is 3.81. The zero-order valence-electron chi connectivity index (χ0n) is 11.7. The van der Waals surface area contributed by atoms with Gasteiger partial charge in [-0.15, -0.1) is 11.8 Å². The first-order valence-corrected chi connectivity index (χ1v) is 7.51. The summed E-state index contributed by atoms with van der Waals surface area (Å²) in [6, 6.07) is 4.19. The Hall–Kier alpha value is -1.42. The van der Waals surface area contributed by atoms with Crippen LogP contribution in [0.2, 0.25) is 0 Å². The molecule has 0 aliphatic rings. The van der Waals surface area contributed by atoms with Gasteiger partial charge in [-0.2, -0.15) is 0 Å². The molecule has 0 aliphatic carbocycles. The quantitative estimate of drug-likeness (QED) is 0.628. The van der Waals surface area contributed by atoms with E-state index < -0.39 is 0 Å². The molecule has 102 valence electrons. The van der Waals surface area contributed by atoms with Crippen LogP contribution in [0.4, 0.5) is 0 Å². The smallest absolute Gasteiger partial charge is 0.313 e. The standard InChI is InChI=1S/C15H18O3S/c1-5-17-13(16)8-12-15(19-4)11-7-9(2)6-10(3)14(11)18-12/h6-7H,5,8H2,1-4H3. The Labute approximate surface area is 117 Å². The predicted octanol–water partition coefficient (Wildman–Crippen LogP) is 3.88. The number of rotatable bonds is 4. The van der Waals surface area contributed by atoms with Gasteiger partial charge in [-0.25, -0.2) is 0 Å². The van der Waals surface area contributed by atoms with Crippen LogP contribution >= 0.6 is 11.8 Å². The average Bonchev–Trinajstić information content (AvgIpc) is 2.67. The Balaban J connectivity index is 2.50. The highest BCUT2D eigenvalue weighted by Crippen LogP contribution is 2.35. The van der Waals surface area contributed by atoms with E-state index in [0.29, 0.717) is 12.4 Å². The molecule has 4 heteroatoms. The van der Waals surface area contributed by atoms with E-state index in [1.807, 2.05) is 13.2 Å². The summed E-state index contributed by atoms with van der Waals surface area (Å²) < 4.78 is 10.9. The molecule has 2 aromatic rings. The Morgan fingerprint density at radius 3 is 2.74 bits per heavy atom. The molecule has 1 aromatic heterocycles. The molecule has 0 saturated carbocycles. The van der Waals surface area contributed by atoms with E-state index in [4.69, 9.17) is 9.15 Å². The minimum absolute atomic E-state index is 0.192. The highest BCUT2D eigenvalue weighted by atomic mass is 32.2. The first-order chi connectivity index (χ1) is 9.06. The van der Waals surface area contributed by atoms with Crippen molar-refractivity contribution in [2.24, 2.45) is 0 Å². The SMILES string of the molecule is CCOC(=O)Cc1oc2c(C)cc(C)cc2c1SC. The molecule has 19 heavy (non-hydrogen) atoms. The van der Waals surface area contributed by atoms with E-state index in [0.717, 1.165) is 21.4 Å². The third kappa shape index (κ3) is 2.78. The number of furan rings is 1. The maximum Gasteiger partial charge on any atom is 0.313 e. The molecule has 1 heterocycles. The van der Waals surface area contributed by atoms with Crippen molar-refractivity contribution in [3.05, 3.63) is 29.0 Å². The summed E-state index contributed by atoms with van der Waals surface area (Å²) in [7, 11) is 0. The van der Waals surface area contributed by atoms with Crippen molar-refractivity contribution in [1.29, 1.82) is 0 Å². The fraction of sp³-hybridized carbons (Fsp3) is 0.400. The third-order valence-electron chi connectivity index (χ3n) is 2.96. The summed E-state index contributed by atoms with van der Waals surface area (Å²) in [4.78, 5) is 12.7. The Morgan fingerprint density at radius 1 is 1.37 bits per heavy atom. The molecule has 0 fully saturated rings. The largest absolute Gasteiger partial charge is 0.466 e. The van der Waals surface area contributed by atoms with Crippen molar-refractivity contribution in [1.82, 2.24) is 0 Å². The lowest BCUT2D eigenvalue weighted by Gasteiger charge is -2.00. The van der Waals surface area contributed by atoms with E-state index in [9.17, 15) is 4.79 Å². The number of ether oxygens (including phenoxy) is 1. The first kappa shape index (κ1) is 14.0. The molecule has 0 amide bonds. The van der Waals surface area contributed by atoms with Crippen LogP contribution in [0.3, 0.4) is 0 Å². The summed E-state index contributed by atoms with van der Waals surface area (Å²) in [5.41, 5.74) is 3.17. The Kier molecular flexibility index (Phi) is 4.20. The number of thioether (sulfide) groups is 1. The van der Waals surface area contributed by atoms with E-state index >= 15 is 0 Å². The van der Waals surface area contributed by atoms with Gasteiger partial charge < -0.3 is 9.15 Å². The van der Waals surface area contributed by atoms with Gasteiger partial charge >= 0.3 is 5.97 Å². The molecule has 0 unspecified atom stereocenters. The fourth-order valence-electron chi connectivity index (χ4n) is 2.26. The van der Waals surface area contributed by atoms with Gasteiger partial charge in [0.25, 0.3) is 0 Å². The summed E-state index contributed by atoms with van der Waals surface area (Å²) in [6.45, 7) is 6.29. The minimum Gasteiger partial charge on any atom is -0.466 e. The zero-order chi connectivity index (χ0) is 14.0. The van der Waals surface area contributed by atoms with Gasteiger partial charge in [0, 0.05) is 5.39 Å². The van der Waals surface area contributed by atoms with Gasteiger partial charge in [0.15, 0.2) is 0 Å². The molecule has 0 N–H and O–H groups in total. The number of hydrogen-bond acceptors (Lipinski definition) is 4. The van der Waals surface area contributed by atoms with Crippen molar-refractivity contribution in [3.8, 4) is 0 Å². The summed E-state index contributed by atoms with van der Waals surface area (Å²) >= 11 is 1.61. The average molecular weight is 278 g/mol. The van der Waals surface area contributed by atoms with Crippen LogP contribution in [-0.4, -0.2) is 18.8 Å². The van der Waals surface area contributed by atoms with Gasteiger partial charge in [-0.1, -0.05) is 6.07 Å². The van der Waals surface area contributed by atoms with Crippen LogP contribution in [-0.2, 0) is 16.0 Å². The molecule has 0 radical (unpaired) electrons. The number of hydrogen-bond donors (Lipinski definition) is 0. The minimum atomic E-state index is -0.244. The lowest BCUT2D eigenvalue weighted by molar-refractivity contribution is -0.142. The molecule has 0 saturated heterocycles. The number of esters is 1. The van der Waals surface area contributed by atoms with Gasteiger partial charge in [-0.05, 0) is 44.2 Å². The predicted molar refractivity (Wildman–Crippen MR) is 77.8 cm³/mol. The second-order valence-electron chi connectivity index (χ2n) is 4.50. The van der Waals surface area contributed by atoms with Crippen LogP contribution in [0.5, 0.6) is 0 Å². The van der Waals surface area contributed by atoms with Gasteiger partial charge in [0.2, 0.25) is 0 Å². The summed E-state index contributed by atoms with van der Waals surface area (Å²) in [5, 5.41) is 1.09. The highest BCUT2D eigenvalue weighted by molar-refractivity contribution is 7.98. The second-order valence-corrected chi connectivity index (χ2v) is 5.32. The molecule has 2 rings (SSSR count). The number of carbonyl (C=O) groups excluding carboxylic acids is 1. The molecule has 0 aliphatic heterocycles. The first-order valence-electron chi connectivity index (χ1n) is 6.29. The van der Waals surface area contributed by atoms with Crippen LogP contribution in [0.25, 0.3) is 11.0 Å². The Morgan fingerprint density at radius 2 is 2.11 bits per heavy atom. The highest BCUT2D eigenvalue weighted by Gasteiger charge is 2.18. The van der Waals surface area contributed by atoms with Crippen molar-refractivity contribution in [3.63, 3.8) is 0 Å². The van der Waals surface area contributed by atoms with Crippen LogP contribution < -0.4 is 0 Å². The molecular formula is C15H18O3S. The number of aryl methyl sites for hydroxylation is 2. The molecular weight excluding hydrogens is 260 g/mol. The molecule has 0 bridgehead atoms. The maximum absolute atomic E-state index is 11.6. The number of benzene rings is 1. The number of carbonyl (C=O) groups is 1. The van der Waals surface area contributed by atoms with E-state index in [1.165, 1.54) is 5.56 Å². The lowest BCUT2D eigenvalue weighted by Crippen LogP contribution is -2.07. The van der Waals surface area contributed by atoms with Crippen molar-refractivity contribution in [2.75, 3.05) is 12.9 Å². The Bertz CT molecular complexity index is 613. The fourth-order valence-corrected chi connectivity index (χ4v) is 2.97. The lowest BCUT2D eigenvalue weighted by atomic mass is 10.1. The zero-order valence-corrected chi connectivity index (χ0v) is 12.5. The van der Waals surface area contributed by atoms with Crippen molar-refractivity contribution < 1.29 is 13.9 Å². The van der Waals surface area contributed by atoms with E-state index in [1.54, 1.807) is 18.7 Å². The topological polar surface area (TPSA) is 39.4 Å². The molecule has 0 spiro atoms. The van der Waals surface area contributed by atoms with Crippen LogP contribution in [0, 0.1) is 13.8 Å². The van der Waals surface area contributed by atoms with E-state index in [2.05, 4.69) is 19.1 Å². The van der Waals surface area contributed by atoms with Gasteiger partial charge in [0.05, 0.1) is 11.5 Å².